The van der Waals surface area contributed by atoms with Gasteiger partial charge in [0.2, 0.25) is 5.91 Å². The fourth-order valence-corrected chi connectivity index (χ4v) is 1.99. The lowest BCUT2D eigenvalue weighted by Crippen LogP contribution is -2.40. The van der Waals surface area contributed by atoms with E-state index in [0.717, 1.165) is 32.2 Å². The van der Waals surface area contributed by atoms with Crippen molar-refractivity contribution >= 4 is 11.9 Å². The van der Waals surface area contributed by atoms with Crippen molar-refractivity contribution in [1.82, 2.24) is 10.6 Å². The summed E-state index contributed by atoms with van der Waals surface area (Å²) in [5, 5.41) is 15.0. The van der Waals surface area contributed by atoms with Crippen LogP contribution in [0.2, 0.25) is 0 Å². The van der Waals surface area contributed by atoms with Crippen molar-refractivity contribution in [3.63, 3.8) is 0 Å². The Labute approximate surface area is 127 Å². The van der Waals surface area contributed by atoms with Gasteiger partial charge in [0.1, 0.15) is 6.04 Å². The van der Waals surface area contributed by atoms with E-state index in [0.29, 0.717) is 31.8 Å². The van der Waals surface area contributed by atoms with Crippen LogP contribution in [0.1, 0.15) is 58.8 Å². The molecule has 124 valence electrons. The van der Waals surface area contributed by atoms with Gasteiger partial charge in [-0.05, 0) is 45.2 Å². The summed E-state index contributed by atoms with van der Waals surface area (Å²) in [4.78, 5) is 22.8. The van der Waals surface area contributed by atoms with E-state index in [2.05, 4.69) is 24.5 Å². The molecule has 21 heavy (non-hydrogen) atoms. The number of nitrogens with two attached hydrogens (primary N) is 1. The van der Waals surface area contributed by atoms with Crippen LogP contribution in [0.15, 0.2) is 0 Å². The van der Waals surface area contributed by atoms with Crippen LogP contribution in [0.25, 0.3) is 0 Å². The summed E-state index contributed by atoms with van der Waals surface area (Å²) in [6.07, 6.45) is 5.12. The van der Waals surface area contributed by atoms with Crippen molar-refractivity contribution in [1.29, 1.82) is 0 Å². The summed E-state index contributed by atoms with van der Waals surface area (Å²) >= 11 is 0. The molecule has 1 amide bonds. The van der Waals surface area contributed by atoms with Gasteiger partial charge in [-0.3, -0.25) is 4.79 Å². The quantitative estimate of drug-likeness (QED) is 0.383. The van der Waals surface area contributed by atoms with Gasteiger partial charge >= 0.3 is 5.97 Å². The lowest BCUT2D eigenvalue weighted by atomic mass is 10.1. The zero-order chi connectivity index (χ0) is 16.1. The molecule has 0 radical (unpaired) electrons. The first-order valence-electron chi connectivity index (χ1n) is 7.93. The van der Waals surface area contributed by atoms with E-state index in [4.69, 9.17) is 10.8 Å². The highest BCUT2D eigenvalue weighted by Crippen LogP contribution is 2.04. The third-order valence-corrected chi connectivity index (χ3v) is 3.21. The lowest BCUT2D eigenvalue weighted by Gasteiger charge is -2.14. The van der Waals surface area contributed by atoms with Gasteiger partial charge in [-0.1, -0.05) is 20.3 Å². The van der Waals surface area contributed by atoms with E-state index in [-0.39, 0.29) is 5.91 Å². The molecule has 0 spiro atoms. The smallest absolute Gasteiger partial charge is 0.326 e. The van der Waals surface area contributed by atoms with Crippen molar-refractivity contribution < 1.29 is 14.7 Å². The molecule has 0 aliphatic heterocycles. The molecule has 0 aromatic heterocycles. The Morgan fingerprint density at radius 3 is 2.38 bits per heavy atom. The highest BCUT2D eigenvalue weighted by atomic mass is 16.4. The standard InChI is InChI=1S/C15H31N3O3/c1-12(2)17-11-7-3-4-9-14(19)18-13(15(20)21)8-5-6-10-16/h12-13,17H,3-11,16H2,1-2H3,(H,18,19)(H,20,21)/t13-/m0/s1. The largest absolute Gasteiger partial charge is 0.480 e. The first-order chi connectivity index (χ1) is 9.97. The molecular formula is C15H31N3O3. The minimum atomic E-state index is -0.971. The second kappa shape index (κ2) is 12.6. The maximum atomic E-state index is 11.7. The molecule has 0 aromatic rings. The van der Waals surface area contributed by atoms with Gasteiger partial charge in [-0.2, -0.15) is 0 Å². The predicted molar refractivity (Wildman–Crippen MR) is 84.1 cm³/mol. The zero-order valence-corrected chi connectivity index (χ0v) is 13.4. The van der Waals surface area contributed by atoms with Crippen LogP contribution >= 0.6 is 0 Å². The molecule has 0 heterocycles. The van der Waals surface area contributed by atoms with Crippen molar-refractivity contribution in [3.8, 4) is 0 Å². The van der Waals surface area contributed by atoms with Crippen LogP contribution in [0.5, 0.6) is 0 Å². The predicted octanol–water partition coefficient (Wildman–Crippen LogP) is 1.24. The highest BCUT2D eigenvalue weighted by molar-refractivity contribution is 5.83. The van der Waals surface area contributed by atoms with E-state index in [1.54, 1.807) is 0 Å². The van der Waals surface area contributed by atoms with Gasteiger partial charge in [0, 0.05) is 12.5 Å². The maximum Gasteiger partial charge on any atom is 0.326 e. The molecule has 0 aliphatic rings. The molecule has 6 heteroatoms. The van der Waals surface area contributed by atoms with Crippen LogP contribution in [-0.4, -0.2) is 42.2 Å². The second-order valence-electron chi connectivity index (χ2n) is 5.66. The molecule has 0 fully saturated rings. The minimum absolute atomic E-state index is 0.174. The van der Waals surface area contributed by atoms with E-state index >= 15 is 0 Å². The summed E-state index contributed by atoms with van der Waals surface area (Å²) in [7, 11) is 0. The Hall–Kier alpha value is -1.14. The Morgan fingerprint density at radius 2 is 1.81 bits per heavy atom. The van der Waals surface area contributed by atoms with Gasteiger partial charge in [-0.25, -0.2) is 4.79 Å². The molecule has 0 saturated carbocycles. The number of carboxylic acid groups (broad SMARTS) is 1. The Balaban J connectivity index is 3.75. The van der Waals surface area contributed by atoms with Gasteiger partial charge in [-0.15, -0.1) is 0 Å². The number of carboxylic acids is 1. The van der Waals surface area contributed by atoms with Crippen LogP contribution in [0, 0.1) is 0 Å². The number of amides is 1. The molecule has 0 unspecified atom stereocenters. The maximum absolute atomic E-state index is 11.7. The monoisotopic (exact) mass is 301 g/mol. The average Bonchev–Trinajstić information content (AvgIpc) is 2.41. The third-order valence-electron chi connectivity index (χ3n) is 3.21. The summed E-state index contributed by atoms with van der Waals surface area (Å²) in [5.41, 5.74) is 5.38. The summed E-state index contributed by atoms with van der Waals surface area (Å²) in [6, 6.07) is -0.301. The van der Waals surface area contributed by atoms with E-state index in [1.807, 2.05) is 0 Å². The highest BCUT2D eigenvalue weighted by Gasteiger charge is 2.18. The molecule has 1 atom stereocenters. The van der Waals surface area contributed by atoms with E-state index in [9.17, 15) is 9.59 Å². The number of rotatable bonds is 13. The lowest BCUT2D eigenvalue weighted by molar-refractivity contribution is -0.142. The fourth-order valence-electron chi connectivity index (χ4n) is 1.99. The molecule has 0 aromatic carbocycles. The number of unbranched alkanes of at least 4 members (excludes halogenated alkanes) is 3. The molecule has 5 N–H and O–H groups in total. The molecule has 0 aliphatic carbocycles. The molecular weight excluding hydrogens is 270 g/mol. The van der Waals surface area contributed by atoms with Crippen LogP contribution in [0.3, 0.4) is 0 Å². The average molecular weight is 301 g/mol. The van der Waals surface area contributed by atoms with Gasteiger partial charge in [0.25, 0.3) is 0 Å². The third kappa shape index (κ3) is 12.3. The van der Waals surface area contributed by atoms with E-state index < -0.39 is 12.0 Å². The summed E-state index contributed by atoms with van der Waals surface area (Å²) in [6.45, 7) is 5.70. The van der Waals surface area contributed by atoms with Crippen molar-refractivity contribution in [2.75, 3.05) is 13.1 Å². The van der Waals surface area contributed by atoms with Crippen molar-refractivity contribution in [3.05, 3.63) is 0 Å². The van der Waals surface area contributed by atoms with Crippen LogP contribution in [-0.2, 0) is 9.59 Å². The van der Waals surface area contributed by atoms with Crippen LogP contribution < -0.4 is 16.4 Å². The van der Waals surface area contributed by atoms with Crippen molar-refractivity contribution in [2.24, 2.45) is 5.73 Å². The molecule has 6 nitrogen and oxygen atoms in total. The topological polar surface area (TPSA) is 104 Å². The molecule has 0 bridgehead atoms. The minimum Gasteiger partial charge on any atom is -0.480 e. The van der Waals surface area contributed by atoms with E-state index in [1.165, 1.54) is 0 Å². The number of carbonyl (C=O) groups excluding carboxylic acids is 1. The second-order valence-corrected chi connectivity index (χ2v) is 5.66. The summed E-state index contributed by atoms with van der Waals surface area (Å²) < 4.78 is 0. The fraction of sp³-hybridized carbons (Fsp3) is 0.867. The number of carbonyl (C=O) groups is 2. The summed E-state index contributed by atoms with van der Waals surface area (Å²) in [5.74, 6) is -1.14. The van der Waals surface area contributed by atoms with Gasteiger partial charge < -0.3 is 21.5 Å². The zero-order valence-electron chi connectivity index (χ0n) is 13.4. The normalized spacial score (nSPS) is 12.4. The molecule has 0 rings (SSSR count). The Bertz CT molecular complexity index is 296. The number of hydrogen-bond acceptors (Lipinski definition) is 4. The van der Waals surface area contributed by atoms with Gasteiger partial charge in [0.15, 0.2) is 0 Å². The molecule has 0 saturated heterocycles. The number of aliphatic carboxylic acids is 1. The Kier molecular flexibility index (Phi) is 11.9. The van der Waals surface area contributed by atoms with Gasteiger partial charge in [0.05, 0.1) is 0 Å². The Morgan fingerprint density at radius 1 is 1.10 bits per heavy atom. The number of nitrogens with one attached hydrogen (secondary N) is 2. The van der Waals surface area contributed by atoms with Crippen LogP contribution in [0.4, 0.5) is 0 Å². The SMILES string of the molecule is CC(C)NCCCCCC(=O)N[C@@H](CCCCN)C(=O)O. The first kappa shape index (κ1) is 19.9. The first-order valence-corrected chi connectivity index (χ1v) is 7.93. The van der Waals surface area contributed by atoms with Crippen molar-refractivity contribution in [2.45, 2.75) is 70.9 Å². The number of hydrogen-bond donors (Lipinski definition) is 4.